The van der Waals surface area contributed by atoms with Crippen molar-refractivity contribution >= 4 is 40.4 Å². The van der Waals surface area contributed by atoms with Gasteiger partial charge in [-0.15, -0.1) is 0 Å². The van der Waals surface area contributed by atoms with Gasteiger partial charge in [-0.3, -0.25) is 14.4 Å². The molecule has 2 N–H and O–H groups in total. The number of amides is 3. The number of carbonyl (C=O) groups is 3. The Balaban J connectivity index is 1.77. The molecular weight excluding hydrogens is 418 g/mol. The summed E-state index contributed by atoms with van der Waals surface area (Å²) in [5.74, 6) is -0.677. The Bertz CT molecular complexity index is 1260. The van der Waals surface area contributed by atoms with Crippen molar-refractivity contribution in [3.05, 3.63) is 89.6 Å². The summed E-state index contributed by atoms with van der Waals surface area (Å²) in [6.45, 7) is 3.39. The maximum Gasteiger partial charge on any atom is 0.282 e. The normalized spacial score (nSPS) is 13.4. The number of nitrogens with one attached hydrogen (secondary N) is 2. The van der Waals surface area contributed by atoms with Crippen LogP contribution in [0.5, 0.6) is 5.75 Å². The van der Waals surface area contributed by atoms with Crippen molar-refractivity contribution in [1.82, 2.24) is 0 Å². The van der Waals surface area contributed by atoms with Crippen LogP contribution >= 0.6 is 0 Å². The zero-order valence-corrected chi connectivity index (χ0v) is 18.5. The van der Waals surface area contributed by atoms with Gasteiger partial charge in [0.15, 0.2) is 0 Å². The number of ether oxygens (including phenoxy) is 1. The molecule has 7 heteroatoms. The van der Waals surface area contributed by atoms with Crippen molar-refractivity contribution in [3.8, 4) is 5.75 Å². The molecule has 33 heavy (non-hydrogen) atoms. The van der Waals surface area contributed by atoms with E-state index in [2.05, 4.69) is 10.6 Å². The monoisotopic (exact) mass is 441 g/mol. The summed E-state index contributed by atoms with van der Waals surface area (Å²) in [6.07, 6.45) is 0. The van der Waals surface area contributed by atoms with Gasteiger partial charge in [0.25, 0.3) is 11.8 Å². The molecule has 0 radical (unpaired) electrons. The molecule has 0 fully saturated rings. The van der Waals surface area contributed by atoms with Crippen LogP contribution in [0.1, 0.15) is 18.1 Å². The Morgan fingerprint density at radius 1 is 0.848 bits per heavy atom. The molecule has 3 aromatic carbocycles. The standard InChI is InChI=1S/C26H23N3O4/c1-16-8-10-18(11-9-16)23-24(28-20-14-12-19(13-15-20)27-17(2)30)26(32)29(25(23)31)21-6-4-5-7-22(21)33-3/h4-15,28H,1-3H3,(H,27,30). The lowest BCUT2D eigenvalue weighted by Crippen LogP contribution is -2.32. The number of para-hydroxylation sites is 2. The molecule has 0 atom stereocenters. The topological polar surface area (TPSA) is 87.7 Å². The van der Waals surface area contributed by atoms with E-state index in [9.17, 15) is 14.4 Å². The molecule has 0 saturated carbocycles. The molecule has 0 aromatic heterocycles. The number of benzene rings is 3. The number of hydrogen-bond donors (Lipinski definition) is 2. The SMILES string of the molecule is COc1ccccc1N1C(=O)C(Nc2ccc(NC(C)=O)cc2)=C(c2ccc(C)cc2)C1=O. The molecule has 7 nitrogen and oxygen atoms in total. The molecule has 0 spiro atoms. The molecule has 3 aromatic rings. The summed E-state index contributed by atoms with van der Waals surface area (Å²) in [7, 11) is 1.49. The summed E-state index contributed by atoms with van der Waals surface area (Å²) in [6, 6.07) is 21.2. The average molecular weight is 441 g/mol. The maximum atomic E-state index is 13.6. The van der Waals surface area contributed by atoms with Gasteiger partial charge < -0.3 is 15.4 Å². The molecule has 4 rings (SSSR count). The number of methoxy groups -OCH3 is 1. The number of aryl methyl sites for hydroxylation is 1. The predicted molar refractivity (Wildman–Crippen MR) is 128 cm³/mol. The van der Waals surface area contributed by atoms with Crippen LogP contribution in [0.3, 0.4) is 0 Å². The summed E-state index contributed by atoms with van der Waals surface area (Å²) in [4.78, 5) is 39.5. The van der Waals surface area contributed by atoms with Gasteiger partial charge >= 0.3 is 0 Å². The van der Waals surface area contributed by atoms with Crippen molar-refractivity contribution in [3.63, 3.8) is 0 Å². The van der Waals surface area contributed by atoms with Crippen molar-refractivity contribution in [2.45, 2.75) is 13.8 Å². The van der Waals surface area contributed by atoms with Crippen LogP contribution in [0.15, 0.2) is 78.5 Å². The highest BCUT2D eigenvalue weighted by Gasteiger charge is 2.41. The molecule has 1 aliphatic rings. The lowest BCUT2D eigenvalue weighted by atomic mass is 10.0. The van der Waals surface area contributed by atoms with Gasteiger partial charge in [-0.2, -0.15) is 0 Å². The van der Waals surface area contributed by atoms with Gasteiger partial charge in [0.1, 0.15) is 11.4 Å². The molecule has 3 amide bonds. The van der Waals surface area contributed by atoms with Crippen molar-refractivity contribution < 1.29 is 19.1 Å². The first-order valence-corrected chi connectivity index (χ1v) is 10.4. The summed E-state index contributed by atoms with van der Waals surface area (Å²) < 4.78 is 5.39. The van der Waals surface area contributed by atoms with Gasteiger partial charge in [0, 0.05) is 18.3 Å². The third-order valence-electron chi connectivity index (χ3n) is 5.22. The fourth-order valence-electron chi connectivity index (χ4n) is 3.65. The first-order chi connectivity index (χ1) is 15.9. The second-order valence-electron chi connectivity index (χ2n) is 7.62. The van der Waals surface area contributed by atoms with Crippen molar-refractivity contribution in [2.24, 2.45) is 0 Å². The summed E-state index contributed by atoms with van der Waals surface area (Å²) >= 11 is 0. The largest absolute Gasteiger partial charge is 0.495 e. The average Bonchev–Trinajstić information content (AvgIpc) is 3.04. The van der Waals surface area contributed by atoms with Gasteiger partial charge in [-0.1, -0.05) is 42.0 Å². The van der Waals surface area contributed by atoms with E-state index in [0.29, 0.717) is 28.4 Å². The van der Waals surface area contributed by atoms with Crippen LogP contribution in [-0.4, -0.2) is 24.8 Å². The minimum Gasteiger partial charge on any atom is -0.495 e. The molecule has 1 aliphatic heterocycles. The highest BCUT2D eigenvalue weighted by atomic mass is 16.5. The molecule has 166 valence electrons. The first-order valence-electron chi connectivity index (χ1n) is 10.4. The Morgan fingerprint density at radius 2 is 1.48 bits per heavy atom. The highest BCUT2D eigenvalue weighted by Crippen LogP contribution is 2.37. The maximum absolute atomic E-state index is 13.6. The van der Waals surface area contributed by atoms with Crippen LogP contribution in [0.25, 0.3) is 5.57 Å². The van der Waals surface area contributed by atoms with Crippen LogP contribution in [0, 0.1) is 6.92 Å². The van der Waals surface area contributed by atoms with E-state index >= 15 is 0 Å². The van der Waals surface area contributed by atoms with Gasteiger partial charge in [0.2, 0.25) is 5.91 Å². The summed E-state index contributed by atoms with van der Waals surface area (Å²) in [5, 5.41) is 5.82. The molecular formula is C26H23N3O4. The number of nitrogens with zero attached hydrogens (tertiary/aromatic N) is 1. The van der Waals surface area contributed by atoms with Crippen molar-refractivity contribution in [2.75, 3.05) is 22.6 Å². The Hall–Kier alpha value is -4.39. The highest BCUT2D eigenvalue weighted by molar-refractivity contribution is 6.46. The van der Waals surface area contributed by atoms with E-state index in [1.54, 1.807) is 48.5 Å². The third kappa shape index (κ3) is 4.34. The lowest BCUT2D eigenvalue weighted by Gasteiger charge is -2.18. The number of carbonyl (C=O) groups excluding carboxylic acids is 3. The Kier molecular flexibility index (Phi) is 5.95. The Labute approximate surface area is 191 Å². The quantitative estimate of drug-likeness (QED) is 0.555. The number of rotatable bonds is 6. The number of imide groups is 1. The predicted octanol–water partition coefficient (Wildman–Crippen LogP) is 4.36. The van der Waals surface area contributed by atoms with Crippen LogP contribution < -0.4 is 20.3 Å². The van der Waals surface area contributed by atoms with E-state index in [0.717, 1.165) is 10.5 Å². The minimum atomic E-state index is -0.481. The number of hydrogen-bond acceptors (Lipinski definition) is 5. The van der Waals surface area contributed by atoms with Crippen LogP contribution in [0.4, 0.5) is 17.1 Å². The van der Waals surface area contributed by atoms with E-state index in [1.807, 2.05) is 31.2 Å². The fraction of sp³-hybridized carbons (Fsp3) is 0.115. The van der Waals surface area contributed by atoms with Crippen LogP contribution in [-0.2, 0) is 14.4 Å². The number of anilines is 3. The molecule has 0 aliphatic carbocycles. The fourth-order valence-corrected chi connectivity index (χ4v) is 3.65. The second kappa shape index (κ2) is 9.00. The zero-order chi connectivity index (χ0) is 23.5. The van der Waals surface area contributed by atoms with Crippen molar-refractivity contribution in [1.29, 1.82) is 0 Å². The lowest BCUT2D eigenvalue weighted by molar-refractivity contribution is -0.120. The zero-order valence-electron chi connectivity index (χ0n) is 18.5. The van der Waals surface area contributed by atoms with Gasteiger partial charge in [0.05, 0.1) is 18.4 Å². The molecule has 1 heterocycles. The van der Waals surface area contributed by atoms with E-state index < -0.39 is 11.8 Å². The van der Waals surface area contributed by atoms with E-state index in [4.69, 9.17) is 4.74 Å². The smallest absolute Gasteiger partial charge is 0.282 e. The van der Waals surface area contributed by atoms with E-state index in [-0.39, 0.29) is 17.2 Å². The molecule has 0 unspecified atom stereocenters. The first kappa shape index (κ1) is 21.8. The Morgan fingerprint density at radius 3 is 2.12 bits per heavy atom. The van der Waals surface area contributed by atoms with E-state index in [1.165, 1.54) is 14.0 Å². The molecule has 0 bridgehead atoms. The van der Waals surface area contributed by atoms with Gasteiger partial charge in [-0.05, 0) is 48.9 Å². The van der Waals surface area contributed by atoms with Crippen LogP contribution in [0.2, 0.25) is 0 Å². The third-order valence-corrected chi connectivity index (χ3v) is 5.22. The minimum absolute atomic E-state index is 0.169. The molecule has 0 saturated heterocycles. The second-order valence-corrected chi connectivity index (χ2v) is 7.62. The summed E-state index contributed by atoms with van der Waals surface area (Å²) in [5.41, 5.74) is 3.72. The van der Waals surface area contributed by atoms with Gasteiger partial charge in [-0.25, -0.2) is 4.90 Å².